The molecular formula is C12H14ClFN2S. The number of aromatic nitrogens is 2. The SMILES string of the molecule is CSC(C)Cn1c(CCl)nc2c(F)cccc21. The van der Waals surface area contributed by atoms with Crippen molar-refractivity contribution in [3.63, 3.8) is 0 Å². The van der Waals surface area contributed by atoms with E-state index >= 15 is 0 Å². The number of alkyl halides is 1. The van der Waals surface area contributed by atoms with Gasteiger partial charge in [0.05, 0.1) is 11.4 Å². The highest BCUT2D eigenvalue weighted by Crippen LogP contribution is 2.22. The minimum atomic E-state index is -0.288. The van der Waals surface area contributed by atoms with Gasteiger partial charge in [-0.15, -0.1) is 11.6 Å². The van der Waals surface area contributed by atoms with Gasteiger partial charge in [0.25, 0.3) is 0 Å². The van der Waals surface area contributed by atoms with Gasteiger partial charge in [-0.25, -0.2) is 9.37 Å². The Bertz CT molecular complexity index is 526. The summed E-state index contributed by atoms with van der Waals surface area (Å²) in [6.07, 6.45) is 2.06. The smallest absolute Gasteiger partial charge is 0.151 e. The van der Waals surface area contributed by atoms with Gasteiger partial charge in [0.15, 0.2) is 5.82 Å². The van der Waals surface area contributed by atoms with Crippen LogP contribution in [0.15, 0.2) is 18.2 Å². The molecule has 0 fully saturated rings. The summed E-state index contributed by atoms with van der Waals surface area (Å²) in [6.45, 7) is 2.93. The lowest BCUT2D eigenvalue weighted by Crippen LogP contribution is -2.11. The maximum Gasteiger partial charge on any atom is 0.151 e. The van der Waals surface area contributed by atoms with Crippen molar-refractivity contribution in [2.24, 2.45) is 0 Å². The monoisotopic (exact) mass is 272 g/mol. The second kappa shape index (κ2) is 5.27. The number of rotatable bonds is 4. The van der Waals surface area contributed by atoms with Crippen LogP contribution in [0.25, 0.3) is 11.0 Å². The van der Waals surface area contributed by atoms with Crippen LogP contribution < -0.4 is 0 Å². The number of thioether (sulfide) groups is 1. The van der Waals surface area contributed by atoms with Gasteiger partial charge in [-0.1, -0.05) is 13.0 Å². The molecule has 1 heterocycles. The van der Waals surface area contributed by atoms with Gasteiger partial charge >= 0.3 is 0 Å². The molecule has 2 aromatic rings. The maximum atomic E-state index is 13.6. The minimum absolute atomic E-state index is 0.288. The zero-order valence-corrected chi connectivity index (χ0v) is 11.4. The van der Waals surface area contributed by atoms with Crippen LogP contribution in [0, 0.1) is 5.82 Å². The van der Waals surface area contributed by atoms with Crippen molar-refractivity contribution in [1.29, 1.82) is 0 Å². The van der Waals surface area contributed by atoms with Crippen LogP contribution in [0.1, 0.15) is 12.7 Å². The highest BCUT2D eigenvalue weighted by atomic mass is 35.5. The number of halogens is 2. The van der Waals surface area contributed by atoms with E-state index in [0.717, 1.165) is 17.9 Å². The number of fused-ring (bicyclic) bond motifs is 1. The zero-order valence-electron chi connectivity index (χ0n) is 9.78. The predicted octanol–water partition coefficient (Wildman–Crippen LogP) is 3.67. The van der Waals surface area contributed by atoms with Crippen LogP contribution in [0.2, 0.25) is 0 Å². The molecule has 1 aromatic carbocycles. The Hall–Kier alpha value is -0.740. The molecule has 0 aliphatic rings. The quantitative estimate of drug-likeness (QED) is 0.791. The molecule has 1 unspecified atom stereocenters. The molecule has 0 radical (unpaired) electrons. The summed E-state index contributed by atoms with van der Waals surface area (Å²) in [5.41, 5.74) is 1.23. The maximum absolute atomic E-state index is 13.6. The van der Waals surface area contributed by atoms with Gasteiger partial charge in [0, 0.05) is 11.8 Å². The molecule has 2 nitrogen and oxygen atoms in total. The average Bonchev–Trinajstić information content (AvgIpc) is 2.69. The molecule has 1 aromatic heterocycles. The molecule has 0 aliphatic heterocycles. The molecule has 0 amide bonds. The fourth-order valence-electron chi connectivity index (χ4n) is 1.80. The minimum Gasteiger partial charge on any atom is -0.326 e. The highest BCUT2D eigenvalue weighted by molar-refractivity contribution is 7.99. The van der Waals surface area contributed by atoms with Gasteiger partial charge in [-0.05, 0) is 18.4 Å². The van der Waals surface area contributed by atoms with Crippen molar-refractivity contribution in [3.05, 3.63) is 29.8 Å². The number of para-hydroxylation sites is 1. The standard InChI is InChI=1S/C12H14ClFN2S/c1-8(17-2)7-16-10-5-3-4-9(14)12(10)15-11(16)6-13/h3-5,8H,6-7H2,1-2H3. The molecular weight excluding hydrogens is 259 g/mol. The zero-order chi connectivity index (χ0) is 12.4. The molecule has 0 spiro atoms. The summed E-state index contributed by atoms with van der Waals surface area (Å²) in [6, 6.07) is 5.02. The van der Waals surface area contributed by atoms with Crippen LogP contribution in [0.3, 0.4) is 0 Å². The van der Waals surface area contributed by atoms with E-state index in [2.05, 4.69) is 18.2 Å². The van der Waals surface area contributed by atoms with Crippen molar-refractivity contribution in [1.82, 2.24) is 9.55 Å². The first kappa shape index (κ1) is 12.7. The predicted molar refractivity (Wildman–Crippen MR) is 72.2 cm³/mol. The first-order chi connectivity index (χ1) is 8.17. The van der Waals surface area contributed by atoms with Crippen molar-refractivity contribution >= 4 is 34.4 Å². The number of hydrogen-bond acceptors (Lipinski definition) is 2. The van der Waals surface area contributed by atoms with Crippen molar-refractivity contribution < 1.29 is 4.39 Å². The summed E-state index contributed by atoms with van der Waals surface area (Å²) >= 11 is 7.64. The Morgan fingerprint density at radius 3 is 2.94 bits per heavy atom. The topological polar surface area (TPSA) is 17.8 Å². The Labute approximate surface area is 109 Å². The largest absolute Gasteiger partial charge is 0.326 e. The molecule has 0 bridgehead atoms. The molecule has 17 heavy (non-hydrogen) atoms. The summed E-state index contributed by atoms with van der Waals surface area (Å²) in [5.74, 6) is 0.743. The van der Waals surface area contributed by atoms with Crippen molar-refractivity contribution in [2.45, 2.75) is 24.6 Å². The Kier molecular flexibility index (Phi) is 3.94. The van der Waals surface area contributed by atoms with Gasteiger partial charge < -0.3 is 4.57 Å². The Morgan fingerprint density at radius 1 is 1.53 bits per heavy atom. The van der Waals surface area contributed by atoms with Gasteiger partial charge in [0.1, 0.15) is 11.3 Å². The van der Waals surface area contributed by atoms with Crippen LogP contribution in [0.5, 0.6) is 0 Å². The lowest BCUT2D eigenvalue weighted by molar-refractivity contribution is 0.637. The number of hydrogen-bond donors (Lipinski definition) is 0. The van der Waals surface area contributed by atoms with E-state index in [1.165, 1.54) is 6.07 Å². The van der Waals surface area contributed by atoms with E-state index in [9.17, 15) is 4.39 Å². The summed E-state index contributed by atoms with van der Waals surface area (Å²) in [4.78, 5) is 4.26. The van der Waals surface area contributed by atoms with Crippen molar-refractivity contribution in [3.8, 4) is 0 Å². The highest BCUT2D eigenvalue weighted by Gasteiger charge is 2.14. The first-order valence-corrected chi connectivity index (χ1v) is 7.22. The average molecular weight is 273 g/mol. The molecule has 0 saturated heterocycles. The van der Waals surface area contributed by atoms with Crippen LogP contribution in [-0.4, -0.2) is 21.1 Å². The fraction of sp³-hybridized carbons (Fsp3) is 0.417. The number of imidazole rings is 1. The third-order valence-electron chi connectivity index (χ3n) is 2.77. The lowest BCUT2D eigenvalue weighted by atomic mass is 10.3. The molecule has 0 N–H and O–H groups in total. The van der Waals surface area contributed by atoms with Crippen LogP contribution in [-0.2, 0) is 12.4 Å². The van der Waals surface area contributed by atoms with E-state index in [0.29, 0.717) is 16.6 Å². The summed E-state index contributed by atoms with van der Waals surface area (Å²) in [5, 5.41) is 0.442. The number of nitrogens with zero attached hydrogens (tertiary/aromatic N) is 2. The van der Waals surface area contributed by atoms with Crippen molar-refractivity contribution in [2.75, 3.05) is 6.26 Å². The third kappa shape index (κ3) is 2.43. The van der Waals surface area contributed by atoms with Gasteiger partial charge in [-0.3, -0.25) is 0 Å². The second-order valence-electron chi connectivity index (χ2n) is 3.93. The molecule has 1 atom stereocenters. The first-order valence-electron chi connectivity index (χ1n) is 5.39. The van der Waals surface area contributed by atoms with E-state index < -0.39 is 0 Å². The van der Waals surface area contributed by atoms with Gasteiger partial charge in [-0.2, -0.15) is 11.8 Å². The Balaban J connectivity index is 2.55. The molecule has 92 valence electrons. The Morgan fingerprint density at radius 2 is 2.29 bits per heavy atom. The van der Waals surface area contributed by atoms with Gasteiger partial charge in [0.2, 0.25) is 0 Å². The van der Waals surface area contributed by atoms with E-state index in [1.807, 2.05) is 10.6 Å². The molecule has 0 aliphatic carbocycles. The fourth-order valence-corrected chi connectivity index (χ4v) is 2.30. The van der Waals surface area contributed by atoms with E-state index in [4.69, 9.17) is 11.6 Å². The summed E-state index contributed by atoms with van der Waals surface area (Å²) in [7, 11) is 0. The van der Waals surface area contributed by atoms with E-state index in [-0.39, 0.29) is 5.82 Å². The lowest BCUT2D eigenvalue weighted by Gasteiger charge is -2.12. The normalized spacial score (nSPS) is 13.2. The third-order valence-corrected chi connectivity index (χ3v) is 3.96. The van der Waals surface area contributed by atoms with Crippen LogP contribution >= 0.6 is 23.4 Å². The molecule has 2 rings (SSSR count). The molecule has 5 heteroatoms. The summed E-state index contributed by atoms with van der Waals surface area (Å²) < 4.78 is 15.6. The van der Waals surface area contributed by atoms with E-state index in [1.54, 1.807) is 17.8 Å². The molecule has 0 saturated carbocycles. The van der Waals surface area contributed by atoms with Crippen LogP contribution in [0.4, 0.5) is 4.39 Å². The number of benzene rings is 1. The second-order valence-corrected chi connectivity index (χ2v) is 5.47.